The van der Waals surface area contributed by atoms with Gasteiger partial charge in [0.05, 0.1) is 12.7 Å². The molecule has 0 spiro atoms. The van der Waals surface area contributed by atoms with Crippen molar-refractivity contribution in [2.45, 2.75) is 32.0 Å². The predicted octanol–water partition coefficient (Wildman–Crippen LogP) is 0.969. The second kappa shape index (κ2) is 6.53. The fourth-order valence-corrected chi connectivity index (χ4v) is 1.88. The molecule has 2 rings (SSSR count). The average Bonchev–Trinajstić information content (AvgIpc) is 2.88. The molecular formula is C12H18N2O4. The van der Waals surface area contributed by atoms with Gasteiger partial charge in [0.2, 0.25) is 0 Å². The summed E-state index contributed by atoms with van der Waals surface area (Å²) in [7, 11) is 0. The lowest BCUT2D eigenvalue weighted by molar-refractivity contribution is -0.0472. The molecule has 1 unspecified atom stereocenters. The minimum absolute atomic E-state index is 0.181. The Morgan fingerprint density at radius 1 is 1.50 bits per heavy atom. The van der Waals surface area contributed by atoms with Crippen LogP contribution in [-0.4, -0.2) is 25.2 Å². The molecule has 100 valence electrons. The lowest BCUT2D eigenvalue weighted by Crippen LogP contribution is -2.29. The molecule has 1 amide bonds. The molecule has 0 aromatic carbocycles. The van der Waals surface area contributed by atoms with Crippen LogP contribution in [0.2, 0.25) is 0 Å². The third-order valence-corrected chi connectivity index (χ3v) is 2.84. The standard InChI is InChI=1S/C12H18N2O4/c13-14-12(15)11-5-4-10(18-11)8-16-7-9-3-1-2-6-17-9/h4-5,9H,1-3,6-8,13H2,(H,14,15). The number of furan rings is 1. The number of carbonyl (C=O) groups excluding carboxylic acids is 1. The Hall–Kier alpha value is -1.37. The normalized spacial score (nSPS) is 19.7. The number of nitrogens with one attached hydrogen (secondary N) is 1. The van der Waals surface area contributed by atoms with E-state index in [-0.39, 0.29) is 11.9 Å². The van der Waals surface area contributed by atoms with Gasteiger partial charge in [0, 0.05) is 6.61 Å². The van der Waals surface area contributed by atoms with E-state index in [2.05, 4.69) is 0 Å². The summed E-state index contributed by atoms with van der Waals surface area (Å²) in [6.45, 7) is 1.70. The van der Waals surface area contributed by atoms with E-state index in [0.29, 0.717) is 19.0 Å². The Labute approximate surface area is 105 Å². The van der Waals surface area contributed by atoms with Crippen LogP contribution in [0.25, 0.3) is 0 Å². The number of hydrazine groups is 1. The first-order valence-electron chi connectivity index (χ1n) is 6.08. The molecule has 6 heteroatoms. The summed E-state index contributed by atoms with van der Waals surface area (Å²) >= 11 is 0. The fourth-order valence-electron chi connectivity index (χ4n) is 1.88. The molecule has 1 fully saturated rings. The molecule has 1 aliphatic heterocycles. The highest BCUT2D eigenvalue weighted by Crippen LogP contribution is 2.14. The molecule has 0 aliphatic carbocycles. The molecule has 18 heavy (non-hydrogen) atoms. The van der Waals surface area contributed by atoms with Crippen molar-refractivity contribution in [1.82, 2.24) is 5.43 Å². The van der Waals surface area contributed by atoms with Gasteiger partial charge in [-0.25, -0.2) is 5.84 Å². The maximum absolute atomic E-state index is 11.2. The number of hydrogen-bond donors (Lipinski definition) is 2. The van der Waals surface area contributed by atoms with Gasteiger partial charge in [-0.05, 0) is 31.4 Å². The van der Waals surface area contributed by atoms with E-state index < -0.39 is 5.91 Å². The van der Waals surface area contributed by atoms with E-state index in [0.717, 1.165) is 19.4 Å². The van der Waals surface area contributed by atoms with Gasteiger partial charge in [0.15, 0.2) is 5.76 Å². The molecule has 1 aliphatic rings. The van der Waals surface area contributed by atoms with Gasteiger partial charge in [-0.3, -0.25) is 10.2 Å². The average molecular weight is 254 g/mol. The zero-order valence-corrected chi connectivity index (χ0v) is 10.2. The van der Waals surface area contributed by atoms with Gasteiger partial charge in [0.1, 0.15) is 12.4 Å². The SMILES string of the molecule is NNC(=O)c1ccc(COCC2CCCCO2)o1. The highest BCUT2D eigenvalue weighted by molar-refractivity contribution is 5.90. The second-order valence-corrected chi connectivity index (χ2v) is 4.24. The summed E-state index contributed by atoms with van der Waals surface area (Å²) in [5.74, 6) is 5.34. The van der Waals surface area contributed by atoms with Crippen molar-refractivity contribution in [3.05, 3.63) is 23.7 Å². The van der Waals surface area contributed by atoms with Crippen LogP contribution < -0.4 is 11.3 Å². The molecule has 0 radical (unpaired) electrons. The number of ether oxygens (including phenoxy) is 2. The van der Waals surface area contributed by atoms with Gasteiger partial charge >= 0.3 is 5.91 Å². The van der Waals surface area contributed by atoms with Crippen molar-refractivity contribution in [2.75, 3.05) is 13.2 Å². The summed E-state index contributed by atoms with van der Waals surface area (Å²) in [6.07, 6.45) is 3.54. The summed E-state index contributed by atoms with van der Waals surface area (Å²) in [4.78, 5) is 11.2. The molecule has 3 N–H and O–H groups in total. The van der Waals surface area contributed by atoms with Gasteiger partial charge < -0.3 is 13.9 Å². The fraction of sp³-hybridized carbons (Fsp3) is 0.583. The Morgan fingerprint density at radius 3 is 3.11 bits per heavy atom. The van der Waals surface area contributed by atoms with Crippen molar-refractivity contribution in [1.29, 1.82) is 0 Å². The quantitative estimate of drug-likeness (QED) is 0.464. The van der Waals surface area contributed by atoms with Crippen LogP contribution in [0, 0.1) is 0 Å². The van der Waals surface area contributed by atoms with E-state index >= 15 is 0 Å². The molecule has 6 nitrogen and oxygen atoms in total. The third-order valence-electron chi connectivity index (χ3n) is 2.84. The van der Waals surface area contributed by atoms with Crippen molar-refractivity contribution in [3.8, 4) is 0 Å². The topological polar surface area (TPSA) is 86.7 Å². The van der Waals surface area contributed by atoms with Crippen LogP contribution in [0.5, 0.6) is 0 Å². The first-order valence-corrected chi connectivity index (χ1v) is 6.08. The van der Waals surface area contributed by atoms with E-state index in [1.807, 2.05) is 5.43 Å². The molecule has 0 saturated carbocycles. The molecule has 1 aromatic rings. The van der Waals surface area contributed by atoms with E-state index in [9.17, 15) is 4.79 Å². The van der Waals surface area contributed by atoms with Crippen LogP contribution in [0.1, 0.15) is 35.6 Å². The zero-order valence-electron chi connectivity index (χ0n) is 10.2. The van der Waals surface area contributed by atoms with E-state index in [4.69, 9.17) is 19.7 Å². The summed E-state index contributed by atoms with van der Waals surface area (Å²) in [6, 6.07) is 3.27. The van der Waals surface area contributed by atoms with E-state index in [1.54, 1.807) is 12.1 Å². The minimum Gasteiger partial charge on any atom is -0.453 e. The van der Waals surface area contributed by atoms with Crippen LogP contribution >= 0.6 is 0 Å². The highest BCUT2D eigenvalue weighted by atomic mass is 16.5. The Bertz CT molecular complexity index is 385. The van der Waals surface area contributed by atoms with Crippen molar-refractivity contribution in [3.63, 3.8) is 0 Å². The molecule has 1 saturated heterocycles. The molecule has 2 heterocycles. The van der Waals surface area contributed by atoms with Crippen LogP contribution in [-0.2, 0) is 16.1 Å². The van der Waals surface area contributed by atoms with Gasteiger partial charge in [-0.15, -0.1) is 0 Å². The molecule has 1 aromatic heterocycles. The lowest BCUT2D eigenvalue weighted by atomic mass is 10.1. The van der Waals surface area contributed by atoms with Gasteiger partial charge in [-0.2, -0.15) is 0 Å². The highest BCUT2D eigenvalue weighted by Gasteiger charge is 2.14. The Morgan fingerprint density at radius 2 is 2.39 bits per heavy atom. The summed E-state index contributed by atoms with van der Waals surface area (Å²) in [5, 5.41) is 0. The maximum atomic E-state index is 11.2. The van der Waals surface area contributed by atoms with Crippen molar-refractivity contribution in [2.24, 2.45) is 5.84 Å². The maximum Gasteiger partial charge on any atom is 0.300 e. The van der Waals surface area contributed by atoms with Gasteiger partial charge in [0.25, 0.3) is 0 Å². The number of nitrogens with two attached hydrogens (primary N) is 1. The van der Waals surface area contributed by atoms with Crippen molar-refractivity contribution >= 4 is 5.91 Å². The Kier molecular flexibility index (Phi) is 4.74. The number of carbonyl (C=O) groups is 1. The molecule has 1 atom stereocenters. The number of hydrogen-bond acceptors (Lipinski definition) is 5. The van der Waals surface area contributed by atoms with Crippen LogP contribution in [0.4, 0.5) is 0 Å². The number of amides is 1. The lowest BCUT2D eigenvalue weighted by Gasteiger charge is -2.21. The summed E-state index contributed by atoms with van der Waals surface area (Å²) < 4.78 is 16.3. The number of rotatable bonds is 5. The first kappa shape index (κ1) is 13.1. The van der Waals surface area contributed by atoms with Crippen LogP contribution in [0.15, 0.2) is 16.5 Å². The predicted molar refractivity (Wildman–Crippen MR) is 63.6 cm³/mol. The number of nitrogen functional groups attached to an aromatic ring is 1. The van der Waals surface area contributed by atoms with Crippen LogP contribution in [0.3, 0.4) is 0 Å². The molecule has 0 bridgehead atoms. The molecular weight excluding hydrogens is 236 g/mol. The Balaban J connectivity index is 1.72. The monoisotopic (exact) mass is 254 g/mol. The van der Waals surface area contributed by atoms with Crippen molar-refractivity contribution < 1.29 is 18.7 Å². The van der Waals surface area contributed by atoms with E-state index in [1.165, 1.54) is 6.42 Å². The second-order valence-electron chi connectivity index (χ2n) is 4.24. The third kappa shape index (κ3) is 3.56. The minimum atomic E-state index is -0.447. The van der Waals surface area contributed by atoms with Gasteiger partial charge in [-0.1, -0.05) is 0 Å². The smallest absolute Gasteiger partial charge is 0.300 e. The largest absolute Gasteiger partial charge is 0.453 e. The zero-order chi connectivity index (χ0) is 12.8. The first-order chi connectivity index (χ1) is 8.79. The summed E-state index contributed by atoms with van der Waals surface area (Å²) in [5.41, 5.74) is 2.01.